The molecule has 6 nitrogen and oxygen atoms in total. The Morgan fingerprint density at radius 3 is 2.48 bits per heavy atom. The quantitative estimate of drug-likeness (QED) is 0.781. The first-order chi connectivity index (χ1) is 10.6. The van der Waals surface area contributed by atoms with E-state index < -0.39 is 17.7 Å². The lowest BCUT2D eigenvalue weighted by Crippen LogP contribution is -2.27. The fourth-order valence-electron chi connectivity index (χ4n) is 1.66. The molecule has 0 unspecified atom stereocenters. The summed E-state index contributed by atoms with van der Waals surface area (Å²) in [5, 5.41) is 12.1. The molecule has 0 aliphatic carbocycles. The smallest absolute Gasteiger partial charge is 0.412 e. The van der Waals surface area contributed by atoms with Crippen LogP contribution in [0.5, 0.6) is 5.75 Å². The monoisotopic (exact) mass is 339 g/mol. The van der Waals surface area contributed by atoms with Crippen LogP contribution in [0, 0.1) is 0 Å². The minimum absolute atomic E-state index is 0.0861. The van der Waals surface area contributed by atoms with Gasteiger partial charge in [0.2, 0.25) is 0 Å². The van der Waals surface area contributed by atoms with E-state index >= 15 is 0 Å². The summed E-state index contributed by atoms with van der Waals surface area (Å²) in [5.41, 5.74) is -0.433. The molecule has 126 valence electrons. The maximum Gasteiger partial charge on any atom is 0.412 e. The topological polar surface area (TPSA) is 84.9 Å². The molecule has 0 saturated carbocycles. The average molecular weight is 339 g/mol. The van der Waals surface area contributed by atoms with Gasteiger partial charge in [-0.15, -0.1) is 0 Å². The second-order valence-electron chi connectivity index (χ2n) is 5.87. The van der Waals surface area contributed by atoms with Crippen molar-refractivity contribution in [2.45, 2.75) is 46.1 Å². The molecule has 0 aliphatic heterocycles. The van der Waals surface area contributed by atoms with E-state index in [-0.39, 0.29) is 11.3 Å². The van der Waals surface area contributed by atoms with Crippen molar-refractivity contribution >= 4 is 35.0 Å². The van der Waals surface area contributed by atoms with Crippen molar-refractivity contribution < 1.29 is 24.2 Å². The maximum atomic E-state index is 11.7. The lowest BCUT2D eigenvalue weighted by atomic mass is 10.1. The number of carboxylic acids is 1. The number of anilines is 1. The molecule has 2 N–H and O–H groups in total. The van der Waals surface area contributed by atoms with Gasteiger partial charge in [0, 0.05) is 12.1 Å². The normalized spacial score (nSPS) is 10.8. The molecule has 0 aliphatic rings. The highest BCUT2D eigenvalue weighted by molar-refractivity contribution is 7.80. The van der Waals surface area contributed by atoms with Crippen molar-refractivity contribution in [1.82, 2.24) is 0 Å². The van der Waals surface area contributed by atoms with Gasteiger partial charge in [0.25, 0.3) is 0 Å². The zero-order chi connectivity index (χ0) is 17.6. The van der Waals surface area contributed by atoms with Crippen LogP contribution in [0.1, 0.15) is 50.9 Å². The van der Waals surface area contributed by atoms with E-state index in [1.807, 2.05) is 6.92 Å². The highest BCUT2D eigenvalue weighted by Crippen LogP contribution is 2.24. The van der Waals surface area contributed by atoms with Crippen LogP contribution in [0.3, 0.4) is 0 Å². The second-order valence-corrected chi connectivity index (χ2v) is 6.32. The number of hydrogen-bond acceptors (Lipinski definition) is 5. The molecular weight excluding hydrogens is 318 g/mol. The van der Waals surface area contributed by atoms with Crippen LogP contribution in [0.25, 0.3) is 0 Å². The van der Waals surface area contributed by atoms with Crippen molar-refractivity contribution in [2.75, 3.05) is 5.32 Å². The molecular formula is C16H21NO5S. The van der Waals surface area contributed by atoms with Gasteiger partial charge in [-0.05, 0) is 57.6 Å². The fourth-order valence-corrected chi connectivity index (χ4v) is 1.96. The van der Waals surface area contributed by atoms with Gasteiger partial charge >= 0.3 is 12.1 Å². The van der Waals surface area contributed by atoms with E-state index in [9.17, 15) is 14.7 Å². The maximum absolute atomic E-state index is 11.7. The lowest BCUT2D eigenvalue weighted by molar-refractivity contribution is 0.0632. The third-order valence-electron chi connectivity index (χ3n) is 2.53. The van der Waals surface area contributed by atoms with Crippen molar-refractivity contribution in [3.63, 3.8) is 0 Å². The number of benzene rings is 1. The Bertz CT molecular complexity index is 607. The number of carbonyl (C=O) groups excluding carboxylic acids is 1. The van der Waals surface area contributed by atoms with E-state index in [0.29, 0.717) is 17.2 Å². The molecule has 0 spiro atoms. The molecule has 0 fully saturated rings. The van der Waals surface area contributed by atoms with E-state index in [1.54, 1.807) is 20.8 Å². The van der Waals surface area contributed by atoms with Gasteiger partial charge in [-0.25, -0.2) is 9.59 Å². The van der Waals surface area contributed by atoms with Crippen LogP contribution in [0.15, 0.2) is 18.2 Å². The van der Waals surface area contributed by atoms with Crippen molar-refractivity contribution in [3.05, 3.63) is 23.8 Å². The van der Waals surface area contributed by atoms with Crippen molar-refractivity contribution in [2.24, 2.45) is 0 Å². The van der Waals surface area contributed by atoms with Gasteiger partial charge in [-0.1, -0.05) is 6.92 Å². The lowest BCUT2D eigenvalue weighted by Gasteiger charge is -2.20. The number of thiocarbonyl (C=S) groups is 1. The molecule has 0 saturated heterocycles. The molecule has 7 heteroatoms. The fraction of sp³-hybridized carbons (Fsp3) is 0.438. The van der Waals surface area contributed by atoms with Crippen LogP contribution >= 0.6 is 12.2 Å². The predicted octanol–water partition coefficient (Wildman–Crippen LogP) is 4.24. The first-order valence-electron chi connectivity index (χ1n) is 7.20. The zero-order valence-corrected chi connectivity index (χ0v) is 14.5. The Balaban J connectivity index is 2.93. The Morgan fingerprint density at radius 2 is 1.96 bits per heavy atom. The largest absolute Gasteiger partial charge is 0.478 e. The first-order valence-corrected chi connectivity index (χ1v) is 7.61. The number of nitrogens with one attached hydrogen (secondary N) is 1. The third kappa shape index (κ3) is 6.65. The molecule has 1 rings (SSSR count). The van der Waals surface area contributed by atoms with Gasteiger partial charge in [-0.2, -0.15) is 0 Å². The molecule has 0 atom stereocenters. The van der Waals surface area contributed by atoms with Crippen LogP contribution in [-0.4, -0.2) is 27.8 Å². The van der Waals surface area contributed by atoms with E-state index in [0.717, 1.165) is 6.42 Å². The van der Waals surface area contributed by atoms with Gasteiger partial charge in [0.05, 0.1) is 0 Å². The molecule has 0 bridgehead atoms. The summed E-state index contributed by atoms with van der Waals surface area (Å²) < 4.78 is 10.5. The minimum Gasteiger partial charge on any atom is -0.478 e. The second kappa shape index (κ2) is 7.92. The van der Waals surface area contributed by atoms with Gasteiger partial charge in [-0.3, -0.25) is 5.32 Å². The zero-order valence-electron chi connectivity index (χ0n) is 13.6. The molecule has 0 aromatic heterocycles. The third-order valence-corrected chi connectivity index (χ3v) is 2.82. The van der Waals surface area contributed by atoms with Gasteiger partial charge in [0.15, 0.2) is 5.05 Å². The first kappa shape index (κ1) is 18.9. The number of aromatic carboxylic acids is 1. The van der Waals surface area contributed by atoms with Gasteiger partial charge in [0.1, 0.15) is 16.9 Å². The van der Waals surface area contributed by atoms with Gasteiger partial charge < -0.3 is 14.6 Å². The van der Waals surface area contributed by atoms with Crippen molar-refractivity contribution in [3.8, 4) is 5.75 Å². The molecule has 23 heavy (non-hydrogen) atoms. The van der Waals surface area contributed by atoms with Crippen LogP contribution in [0.4, 0.5) is 10.5 Å². The number of hydrogen-bond donors (Lipinski definition) is 2. The predicted molar refractivity (Wildman–Crippen MR) is 91.4 cm³/mol. The molecule has 0 heterocycles. The number of amides is 1. The number of rotatable bonds is 5. The molecule has 0 radical (unpaired) electrons. The number of ether oxygens (including phenoxy) is 2. The Morgan fingerprint density at radius 1 is 1.30 bits per heavy atom. The van der Waals surface area contributed by atoms with E-state index in [1.165, 1.54) is 18.2 Å². The summed E-state index contributed by atoms with van der Waals surface area (Å²) >= 11 is 5.04. The molecule has 1 amide bonds. The number of carbonyl (C=O) groups is 2. The highest BCUT2D eigenvalue weighted by Gasteiger charge is 2.18. The Kier molecular flexibility index (Phi) is 6.50. The summed E-state index contributed by atoms with van der Waals surface area (Å²) in [6, 6.07) is 4.29. The van der Waals surface area contributed by atoms with Crippen LogP contribution < -0.4 is 10.1 Å². The molecule has 1 aromatic rings. The summed E-state index contributed by atoms with van der Waals surface area (Å²) in [7, 11) is 0. The van der Waals surface area contributed by atoms with E-state index in [2.05, 4.69) is 5.32 Å². The van der Waals surface area contributed by atoms with Crippen LogP contribution in [0.2, 0.25) is 0 Å². The number of carboxylic acid groups (broad SMARTS) is 1. The standard InChI is InChI=1S/C16H21NO5S/c1-5-6-13(23)21-12-8-7-10(9-11(12)14(18)19)17-15(20)22-16(2,3)4/h7-9H,5-6H2,1-4H3,(H,17,20)(H,18,19). The summed E-state index contributed by atoms with van der Waals surface area (Å²) in [5.74, 6) is -1.03. The highest BCUT2D eigenvalue weighted by atomic mass is 32.1. The Labute approximate surface area is 140 Å². The summed E-state index contributed by atoms with van der Waals surface area (Å²) in [6.07, 6.45) is 0.704. The summed E-state index contributed by atoms with van der Waals surface area (Å²) in [6.45, 7) is 7.16. The molecule has 1 aromatic carbocycles. The minimum atomic E-state index is -1.17. The Hall–Kier alpha value is -2.15. The summed E-state index contributed by atoms with van der Waals surface area (Å²) in [4.78, 5) is 23.1. The van der Waals surface area contributed by atoms with E-state index in [4.69, 9.17) is 21.7 Å². The SMILES string of the molecule is CCCC(=S)Oc1ccc(NC(=O)OC(C)(C)C)cc1C(=O)O. The van der Waals surface area contributed by atoms with Crippen molar-refractivity contribution in [1.29, 1.82) is 0 Å². The average Bonchev–Trinajstić information content (AvgIpc) is 2.38. The van der Waals surface area contributed by atoms with Crippen LogP contribution in [-0.2, 0) is 4.74 Å².